The summed E-state index contributed by atoms with van der Waals surface area (Å²) < 4.78 is 0.681. The highest BCUT2D eigenvalue weighted by atomic mass is 35.5. The molecule has 1 saturated heterocycles. The molecule has 0 atom stereocenters. The Labute approximate surface area is 177 Å². The van der Waals surface area contributed by atoms with Gasteiger partial charge in [-0.2, -0.15) is 0 Å². The van der Waals surface area contributed by atoms with Crippen LogP contribution in [0.15, 0.2) is 28.6 Å². The number of amides is 2. The summed E-state index contributed by atoms with van der Waals surface area (Å²) in [5.74, 6) is 0.343. The second-order valence-electron chi connectivity index (χ2n) is 6.30. The number of hydrogen-bond donors (Lipinski definition) is 1. The first-order valence-electron chi connectivity index (χ1n) is 9.09. The molecule has 3 rings (SSSR count). The normalized spacial score (nSPS) is 14.2. The zero-order chi connectivity index (χ0) is 19.9. The van der Waals surface area contributed by atoms with Gasteiger partial charge >= 0.3 is 0 Å². The minimum atomic E-state index is -0.0650. The molecule has 28 heavy (non-hydrogen) atoms. The van der Waals surface area contributed by atoms with Crippen LogP contribution in [0.2, 0.25) is 5.02 Å². The Morgan fingerprint density at radius 2 is 1.89 bits per heavy atom. The predicted molar refractivity (Wildman–Crippen MR) is 114 cm³/mol. The van der Waals surface area contributed by atoms with Gasteiger partial charge in [0.2, 0.25) is 16.9 Å². The molecule has 0 aliphatic carbocycles. The zero-order valence-corrected chi connectivity index (χ0v) is 17.9. The summed E-state index contributed by atoms with van der Waals surface area (Å²) in [6.07, 6.45) is 1.24. The summed E-state index contributed by atoms with van der Waals surface area (Å²) in [4.78, 5) is 28.2. The number of hydrogen-bond acceptors (Lipinski definition) is 7. The molecule has 1 aliphatic rings. The molecule has 0 spiro atoms. The van der Waals surface area contributed by atoms with E-state index in [9.17, 15) is 9.59 Å². The average Bonchev–Trinajstić information content (AvgIpc) is 3.14. The Kier molecular flexibility index (Phi) is 7.52. The van der Waals surface area contributed by atoms with Crippen LogP contribution in [0.1, 0.15) is 19.8 Å². The Bertz CT molecular complexity index is 807. The molecular weight excluding hydrogens is 418 g/mol. The molecule has 2 aromatic rings. The molecule has 2 amide bonds. The Balaban J connectivity index is 1.43. The van der Waals surface area contributed by atoms with E-state index >= 15 is 0 Å². The topological polar surface area (TPSA) is 78.4 Å². The molecule has 2 heterocycles. The first-order chi connectivity index (χ1) is 13.5. The van der Waals surface area contributed by atoms with Crippen LogP contribution >= 0.6 is 34.7 Å². The summed E-state index contributed by atoms with van der Waals surface area (Å²) in [5.41, 5.74) is 1.12. The van der Waals surface area contributed by atoms with Crippen molar-refractivity contribution in [3.05, 3.63) is 29.3 Å². The lowest BCUT2D eigenvalue weighted by molar-refractivity contribution is -0.128. The maximum atomic E-state index is 12.5. The zero-order valence-electron chi connectivity index (χ0n) is 15.6. The quantitative estimate of drug-likeness (QED) is 0.526. The highest BCUT2D eigenvalue weighted by Gasteiger charge is 2.22. The van der Waals surface area contributed by atoms with Crippen LogP contribution in [0.3, 0.4) is 0 Å². The molecule has 7 nitrogen and oxygen atoms in total. The Morgan fingerprint density at radius 1 is 1.18 bits per heavy atom. The summed E-state index contributed by atoms with van der Waals surface area (Å²) in [6, 6.07) is 7.77. The van der Waals surface area contributed by atoms with Crippen LogP contribution in [0, 0.1) is 0 Å². The molecule has 0 unspecified atom stereocenters. The monoisotopic (exact) mass is 439 g/mol. The fourth-order valence-electron chi connectivity index (χ4n) is 2.81. The van der Waals surface area contributed by atoms with E-state index in [1.807, 2.05) is 36.1 Å². The maximum Gasteiger partial charge on any atom is 0.233 e. The van der Waals surface area contributed by atoms with Crippen LogP contribution in [-0.4, -0.2) is 58.8 Å². The average molecular weight is 440 g/mol. The molecule has 1 aromatic heterocycles. The second-order valence-corrected chi connectivity index (χ2v) is 8.94. The van der Waals surface area contributed by atoms with E-state index in [1.54, 1.807) is 0 Å². The standard InChI is InChI=1S/C18H22ClN5O2S2/c1-2-3-15(25)20-17-21-22-18(28-17)27-12-16(26)24-10-8-23(9-11-24)14-6-4-13(19)5-7-14/h4-7H,2-3,8-12H2,1H3,(H,20,21,25). The van der Waals surface area contributed by atoms with Crippen molar-refractivity contribution in [1.29, 1.82) is 0 Å². The minimum Gasteiger partial charge on any atom is -0.368 e. The molecule has 1 aliphatic heterocycles. The summed E-state index contributed by atoms with van der Waals surface area (Å²) >= 11 is 8.59. The summed E-state index contributed by atoms with van der Waals surface area (Å²) in [6.45, 7) is 4.92. The number of rotatable bonds is 7. The van der Waals surface area contributed by atoms with Gasteiger partial charge in [-0.3, -0.25) is 9.59 Å². The third kappa shape index (κ3) is 5.83. The van der Waals surface area contributed by atoms with E-state index in [4.69, 9.17) is 11.6 Å². The molecule has 150 valence electrons. The van der Waals surface area contributed by atoms with Gasteiger partial charge in [-0.1, -0.05) is 41.6 Å². The Hall–Kier alpha value is -1.84. The number of carbonyl (C=O) groups is 2. The molecule has 0 radical (unpaired) electrons. The minimum absolute atomic E-state index is 0.0650. The largest absolute Gasteiger partial charge is 0.368 e. The van der Waals surface area contributed by atoms with Gasteiger partial charge in [-0.25, -0.2) is 0 Å². The number of halogens is 1. The van der Waals surface area contributed by atoms with Crippen molar-refractivity contribution in [3.63, 3.8) is 0 Å². The number of nitrogens with one attached hydrogen (secondary N) is 1. The molecule has 0 bridgehead atoms. The van der Waals surface area contributed by atoms with E-state index < -0.39 is 0 Å². The number of anilines is 2. The van der Waals surface area contributed by atoms with Gasteiger partial charge in [0.1, 0.15) is 0 Å². The van der Waals surface area contributed by atoms with E-state index in [1.165, 1.54) is 23.1 Å². The number of carbonyl (C=O) groups excluding carboxylic acids is 2. The van der Waals surface area contributed by atoms with Crippen LogP contribution in [0.5, 0.6) is 0 Å². The highest BCUT2D eigenvalue weighted by molar-refractivity contribution is 8.01. The van der Waals surface area contributed by atoms with Crippen molar-refractivity contribution in [3.8, 4) is 0 Å². The van der Waals surface area contributed by atoms with E-state index in [0.29, 0.717) is 34.7 Å². The third-order valence-electron chi connectivity index (χ3n) is 4.27. The fraction of sp³-hybridized carbons (Fsp3) is 0.444. The smallest absolute Gasteiger partial charge is 0.233 e. The van der Waals surface area contributed by atoms with Crippen molar-refractivity contribution in [2.45, 2.75) is 24.1 Å². The van der Waals surface area contributed by atoms with Gasteiger partial charge in [0.05, 0.1) is 5.75 Å². The molecular formula is C18H22ClN5O2S2. The van der Waals surface area contributed by atoms with E-state index in [0.717, 1.165) is 30.2 Å². The fourth-order valence-corrected chi connectivity index (χ4v) is 4.61. The predicted octanol–water partition coefficient (Wildman–Crippen LogP) is 3.37. The van der Waals surface area contributed by atoms with Crippen LogP contribution < -0.4 is 10.2 Å². The molecule has 1 fully saturated rings. The lowest BCUT2D eigenvalue weighted by Crippen LogP contribution is -2.49. The van der Waals surface area contributed by atoms with Crippen molar-refractivity contribution < 1.29 is 9.59 Å². The van der Waals surface area contributed by atoms with Gasteiger partial charge in [-0.15, -0.1) is 10.2 Å². The number of aromatic nitrogens is 2. The molecule has 1 aromatic carbocycles. The number of nitrogens with zero attached hydrogens (tertiary/aromatic N) is 4. The lowest BCUT2D eigenvalue weighted by atomic mass is 10.2. The first-order valence-corrected chi connectivity index (χ1v) is 11.3. The van der Waals surface area contributed by atoms with Gasteiger partial charge in [0, 0.05) is 43.3 Å². The second kappa shape index (κ2) is 10.1. The van der Waals surface area contributed by atoms with Crippen LogP contribution in [0.4, 0.5) is 10.8 Å². The number of thioether (sulfide) groups is 1. The van der Waals surface area contributed by atoms with Crippen LogP contribution in [-0.2, 0) is 9.59 Å². The van der Waals surface area contributed by atoms with E-state index in [2.05, 4.69) is 20.4 Å². The van der Waals surface area contributed by atoms with Gasteiger partial charge in [0.25, 0.3) is 0 Å². The van der Waals surface area contributed by atoms with Crippen molar-refractivity contribution in [2.24, 2.45) is 0 Å². The lowest BCUT2D eigenvalue weighted by Gasteiger charge is -2.36. The van der Waals surface area contributed by atoms with Crippen molar-refractivity contribution in [2.75, 3.05) is 42.1 Å². The third-order valence-corrected chi connectivity index (χ3v) is 6.48. The van der Waals surface area contributed by atoms with Gasteiger partial charge in [0.15, 0.2) is 4.34 Å². The molecule has 10 heteroatoms. The number of piperazine rings is 1. The van der Waals surface area contributed by atoms with Gasteiger partial charge < -0.3 is 15.1 Å². The van der Waals surface area contributed by atoms with Gasteiger partial charge in [-0.05, 0) is 30.7 Å². The van der Waals surface area contributed by atoms with Crippen molar-refractivity contribution in [1.82, 2.24) is 15.1 Å². The van der Waals surface area contributed by atoms with E-state index in [-0.39, 0.29) is 11.8 Å². The Morgan fingerprint density at radius 3 is 2.57 bits per heavy atom. The van der Waals surface area contributed by atoms with Crippen LogP contribution in [0.25, 0.3) is 0 Å². The molecule has 1 N–H and O–H groups in total. The highest BCUT2D eigenvalue weighted by Crippen LogP contribution is 2.26. The molecule has 0 saturated carbocycles. The first kappa shape index (κ1) is 20.9. The summed E-state index contributed by atoms with van der Waals surface area (Å²) in [7, 11) is 0. The number of benzene rings is 1. The maximum absolute atomic E-state index is 12.5. The van der Waals surface area contributed by atoms with Crippen molar-refractivity contribution >= 4 is 57.3 Å². The SMILES string of the molecule is CCCC(=O)Nc1nnc(SCC(=O)N2CCN(c3ccc(Cl)cc3)CC2)s1. The summed E-state index contributed by atoms with van der Waals surface area (Å²) in [5, 5.41) is 11.9.